The summed E-state index contributed by atoms with van der Waals surface area (Å²) in [5, 5.41) is 16.0. The molecule has 1 heterocycles. The van der Waals surface area contributed by atoms with Gasteiger partial charge in [-0.2, -0.15) is 5.10 Å². The Morgan fingerprint density at radius 2 is 1.96 bits per heavy atom. The molecule has 2 N–H and O–H groups in total. The third kappa shape index (κ3) is 3.96. The number of carbonyl (C=O) groups excluding carboxylic acids is 1. The SMILES string of the molecule is CC(C)c1c(C(=O)NNc2ccccc2[N+](=O)[O-])cnn1-c1cccc(Cl)c1. The lowest BCUT2D eigenvalue weighted by atomic mass is 10.1. The molecule has 0 aliphatic carbocycles. The van der Waals surface area contributed by atoms with Crippen LogP contribution in [-0.4, -0.2) is 20.6 Å². The molecule has 9 heteroatoms. The fourth-order valence-corrected chi connectivity index (χ4v) is 3.02. The lowest BCUT2D eigenvalue weighted by molar-refractivity contribution is -0.384. The van der Waals surface area contributed by atoms with Gasteiger partial charge in [0.2, 0.25) is 0 Å². The number of hydrazine groups is 1. The molecule has 144 valence electrons. The summed E-state index contributed by atoms with van der Waals surface area (Å²) < 4.78 is 1.66. The molecule has 2 aromatic carbocycles. The zero-order chi connectivity index (χ0) is 20.3. The van der Waals surface area contributed by atoms with Crippen molar-refractivity contribution in [1.82, 2.24) is 15.2 Å². The van der Waals surface area contributed by atoms with Crippen molar-refractivity contribution in [3.8, 4) is 5.69 Å². The van der Waals surface area contributed by atoms with E-state index in [2.05, 4.69) is 16.0 Å². The number of nitrogens with zero attached hydrogens (tertiary/aromatic N) is 3. The highest BCUT2D eigenvalue weighted by atomic mass is 35.5. The topological polar surface area (TPSA) is 102 Å². The first-order chi connectivity index (χ1) is 13.4. The monoisotopic (exact) mass is 399 g/mol. The number of nitro benzene ring substituents is 1. The van der Waals surface area contributed by atoms with Crippen LogP contribution in [0.3, 0.4) is 0 Å². The van der Waals surface area contributed by atoms with Crippen LogP contribution in [0.5, 0.6) is 0 Å². The van der Waals surface area contributed by atoms with Gasteiger partial charge in [-0.1, -0.05) is 43.6 Å². The number of halogens is 1. The number of aromatic nitrogens is 2. The summed E-state index contributed by atoms with van der Waals surface area (Å²) in [5.41, 5.74) is 6.98. The molecule has 0 aliphatic heterocycles. The van der Waals surface area contributed by atoms with Crippen molar-refractivity contribution in [3.05, 3.63) is 81.1 Å². The van der Waals surface area contributed by atoms with Crippen LogP contribution in [0, 0.1) is 10.1 Å². The van der Waals surface area contributed by atoms with E-state index in [9.17, 15) is 14.9 Å². The Labute approximate surface area is 166 Å². The number of para-hydroxylation sites is 2. The molecule has 0 bridgehead atoms. The minimum absolute atomic E-state index is 0.00621. The van der Waals surface area contributed by atoms with Crippen LogP contribution in [0.4, 0.5) is 11.4 Å². The minimum atomic E-state index is -0.523. The van der Waals surface area contributed by atoms with E-state index >= 15 is 0 Å². The van der Waals surface area contributed by atoms with E-state index in [1.54, 1.807) is 35.0 Å². The highest BCUT2D eigenvalue weighted by Gasteiger charge is 2.22. The number of nitrogens with one attached hydrogen (secondary N) is 2. The fraction of sp³-hybridized carbons (Fsp3) is 0.158. The van der Waals surface area contributed by atoms with Gasteiger partial charge in [-0.3, -0.25) is 25.8 Å². The van der Waals surface area contributed by atoms with E-state index in [1.807, 2.05) is 19.9 Å². The largest absolute Gasteiger partial charge is 0.294 e. The number of carbonyl (C=O) groups is 1. The zero-order valence-electron chi connectivity index (χ0n) is 15.2. The molecule has 28 heavy (non-hydrogen) atoms. The molecular formula is C19H18ClN5O3. The first kappa shape index (κ1) is 19.4. The molecule has 8 nitrogen and oxygen atoms in total. The maximum atomic E-state index is 12.7. The van der Waals surface area contributed by atoms with Gasteiger partial charge in [-0.25, -0.2) is 4.68 Å². The molecular weight excluding hydrogens is 382 g/mol. The summed E-state index contributed by atoms with van der Waals surface area (Å²) in [6.45, 7) is 3.90. The Morgan fingerprint density at radius 1 is 1.21 bits per heavy atom. The molecule has 1 amide bonds. The lowest BCUT2D eigenvalue weighted by Crippen LogP contribution is -2.30. The smallest absolute Gasteiger partial charge is 0.292 e. The summed E-state index contributed by atoms with van der Waals surface area (Å²) in [4.78, 5) is 23.3. The highest BCUT2D eigenvalue weighted by molar-refractivity contribution is 6.30. The summed E-state index contributed by atoms with van der Waals surface area (Å²) >= 11 is 6.07. The second kappa shape index (κ2) is 8.10. The van der Waals surface area contributed by atoms with Crippen molar-refractivity contribution in [2.24, 2.45) is 0 Å². The first-order valence-corrected chi connectivity index (χ1v) is 8.90. The van der Waals surface area contributed by atoms with Crippen LogP contribution in [0.25, 0.3) is 5.69 Å². The molecule has 0 radical (unpaired) electrons. The van der Waals surface area contributed by atoms with Gasteiger partial charge in [0.15, 0.2) is 0 Å². The average molecular weight is 400 g/mol. The summed E-state index contributed by atoms with van der Waals surface area (Å²) in [6, 6.07) is 13.2. The standard InChI is InChI=1S/C19H18ClN5O3/c1-12(2)18-15(11-21-24(18)14-7-5-6-13(20)10-14)19(26)23-22-16-8-3-4-9-17(16)25(27)28/h3-12,22H,1-2H3,(H,23,26). The third-order valence-electron chi connectivity index (χ3n) is 4.06. The van der Waals surface area contributed by atoms with Crippen molar-refractivity contribution in [2.45, 2.75) is 19.8 Å². The van der Waals surface area contributed by atoms with Gasteiger partial charge in [0.1, 0.15) is 5.69 Å². The molecule has 0 atom stereocenters. The Morgan fingerprint density at radius 3 is 2.64 bits per heavy atom. The Hall–Kier alpha value is -3.39. The maximum Gasteiger partial charge on any atom is 0.294 e. The van der Waals surface area contributed by atoms with Crippen molar-refractivity contribution in [3.63, 3.8) is 0 Å². The maximum absolute atomic E-state index is 12.7. The number of hydrogen-bond acceptors (Lipinski definition) is 5. The van der Waals surface area contributed by atoms with Crippen molar-refractivity contribution in [1.29, 1.82) is 0 Å². The lowest BCUT2D eigenvalue weighted by Gasteiger charge is -2.14. The van der Waals surface area contributed by atoms with Crippen LogP contribution in [-0.2, 0) is 0 Å². The molecule has 3 aromatic rings. The number of rotatable bonds is 6. The Balaban J connectivity index is 1.88. The molecule has 3 rings (SSSR count). The van der Waals surface area contributed by atoms with Gasteiger partial charge in [0.05, 0.1) is 28.1 Å². The number of benzene rings is 2. The minimum Gasteiger partial charge on any atom is -0.292 e. The van der Waals surface area contributed by atoms with E-state index in [1.165, 1.54) is 18.3 Å². The number of hydrogen-bond donors (Lipinski definition) is 2. The van der Waals surface area contributed by atoms with Gasteiger partial charge < -0.3 is 0 Å². The fourth-order valence-electron chi connectivity index (χ4n) is 2.83. The van der Waals surface area contributed by atoms with Gasteiger partial charge in [0.25, 0.3) is 11.6 Å². The number of nitro groups is 1. The van der Waals surface area contributed by atoms with Gasteiger partial charge in [-0.05, 0) is 30.2 Å². The van der Waals surface area contributed by atoms with Crippen molar-refractivity contribution >= 4 is 28.9 Å². The number of anilines is 1. The summed E-state index contributed by atoms with van der Waals surface area (Å²) in [6.07, 6.45) is 1.46. The highest BCUT2D eigenvalue weighted by Crippen LogP contribution is 2.25. The van der Waals surface area contributed by atoms with Crippen molar-refractivity contribution in [2.75, 3.05) is 5.43 Å². The van der Waals surface area contributed by atoms with E-state index in [4.69, 9.17) is 11.6 Å². The molecule has 0 aliphatic rings. The summed E-state index contributed by atoms with van der Waals surface area (Å²) in [7, 11) is 0. The van der Waals surface area contributed by atoms with Gasteiger partial charge >= 0.3 is 0 Å². The summed E-state index contributed by atoms with van der Waals surface area (Å²) in [5.74, 6) is -0.455. The van der Waals surface area contributed by atoms with E-state index < -0.39 is 10.8 Å². The molecule has 0 saturated carbocycles. The van der Waals surface area contributed by atoms with Gasteiger partial charge in [0, 0.05) is 11.1 Å². The molecule has 0 saturated heterocycles. The molecule has 0 fully saturated rings. The Kier molecular flexibility index (Phi) is 5.60. The van der Waals surface area contributed by atoms with Gasteiger partial charge in [-0.15, -0.1) is 0 Å². The average Bonchev–Trinajstić information content (AvgIpc) is 3.12. The van der Waals surface area contributed by atoms with Crippen LogP contribution in [0.15, 0.2) is 54.7 Å². The molecule has 0 unspecified atom stereocenters. The Bertz CT molecular complexity index is 1030. The first-order valence-electron chi connectivity index (χ1n) is 8.52. The predicted molar refractivity (Wildman–Crippen MR) is 107 cm³/mol. The predicted octanol–water partition coefficient (Wildman–Crippen LogP) is 4.31. The van der Waals surface area contributed by atoms with E-state index in [0.29, 0.717) is 16.3 Å². The van der Waals surface area contributed by atoms with Crippen LogP contribution in [0.1, 0.15) is 35.8 Å². The quantitative estimate of drug-likeness (QED) is 0.475. The van der Waals surface area contributed by atoms with Crippen LogP contribution < -0.4 is 10.9 Å². The molecule has 1 aromatic heterocycles. The van der Waals surface area contributed by atoms with Crippen LogP contribution >= 0.6 is 11.6 Å². The third-order valence-corrected chi connectivity index (χ3v) is 4.30. The van der Waals surface area contributed by atoms with E-state index in [-0.39, 0.29) is 17.3 Å². The second-order valence-electron chi connectivity index (χ2n) is 6.34. The van der Waals surface area contributed by atoms with Crippen molar-refractivity contribution < 1.29 is 9.72 Å². The normalized spacial score (nSPS) is 10.7. The number of amides is 1. The van der Waals surface area contributed by atoms with Crippen LogP contribution in [0.2, 0.25) is 5.02 Å². The molecule has 0 spiro atoms. The second-order valence-corrected chi connectivity index (χ2v) is 6.78. The van der Waals surface area contributed by atoms with E-state index in [0.717, 1.165) is 5.69 Å². The zero-order valence-corrected chi connectivity index (χ0v) is 16.0.